The predicted octanol–water partition coefficient (Wildman–Crippen LogP) is 5.65. The van der Waals surface area contributed by atoms with Crippen LogP contribution in [0.4, 0.5) is 0 Å². The van der Waals surface area contributed by atoms with Crippen molar-refractivity contribution < 1.29 is 18.7 Å². The first-order chi connectivity index (χ1) is 16.0. The zero-order valence-corrected chi connectivity index (χ0v) is 19.7. The molecule has 1 aliphatic carbocycles. The summed E-state index contributed by atoms with van der Waals surface area (Å²) >= 11 is 7.61. The van der Waals surface area contributed by atoms with Crippen LogP contribution in [0.3, 0.4) is 0 Å². The van der Waals surface area contributed by atoms with Gasteiger partial charge in [-0.2, -0.15) is 5.10 Å². The molecule has 0 bridgehead atoms. The van der Waals surface area contributed by atoms with E-state index in [0.717, 1.165) is 36.1 Å². The lowest BCUT2D eigenvalue weighted by Gasteiger charge is -2.20. The van der Waals surface area contributed by atoms with Gasteiger partial charge in [-0.3, -0.25) is 4.79 Å². The molecule has 1 aromatic carbocycles. The summed E-state index contributed by atoms with van der Waals surface area (Å²) in [7, 11) is 0. The number of hydrogen-bond donors (Lipinski definition) is 0. The molecule has 6 nitrogen and oxygen atoms in total. The van der Waals surface area contributed by atoms with Crippen molar-refractivity contribution in [2.75, 3.05) is 6.61 Å². The molecule has 8 heteroatoms. The summed E-state index contributed by atoms with van der Waals surface area (Å²) in [6, 6.07) is 10.5. The Morgan fingerprint density at radius 3 is 2.82 bits per heavy atom. The van der Waals surface area contributed by atoms with Crippen molar-refractivity contribution in [2.45, 2.75) is 38.6 Å². The number of fused-ring (bicyclic) bond motifs is 1. The molecular weight excluding hydrogens is 460 g/mol. The molecule has 3 heterocycles. The Morgan fingerprint density at radius 2 is 2.06 bits per heavy atom. The number of thiophene rings is 1. The van der Waals surface area contributed by atoms with E-state index in [4.69, 9.17) is 20.8 Å². The molecule has 2 aromatic heterocycles. The fourth-order valence-electron chi connectivity index (χ4n) is 4.38. The highest BCUT2D eigenvalue weighted by Gasteiger charge is 2.35. The summed E-state index contributed by atoms with van der Waals surface area (Å²) in [6.45, 7) is 1.85. The van der Waals surface area contributed by atoms with Crippen LogP contribution in [0.25, 0.3) is 0 Å². The monoisotopic (exact) mass is 482 g/mol. The van der Waals surface area contributed by atoms with E-state index < -0.39 is 17.9 Å². The first-order valence-corrected chi connectivity index (χ1v) is 12.2. The van der Waals surface area contributed by atoms with Gasteiger partial charge in [-0.25, -0.2) is 9.80 Å². The minimum Gasteiger partial charge on any atom is -0.467 e. The van der Waals surface area contributed by atoms with E-state index in [2.05, 4.69) is 12.0 Å². The second-order valence-corrected chi connectivity index (χ2v) is 9.90. The second-order valence-electron chi connectivity index (χ2n) is 8.50. The lowest BCUT2D eigenvalue weighted by molar-refractivity contribution is -0.136. The van der Waals surface area contributed by atoms with Crippen molar-refractivity contribution in [1.82, 2.24) is 5.01 Å². The molecule has 0 N–H and O–H groups in total. The first-order valence-electron chi connectivity index (χ1n) is 10.9. The van der Waals surface area contributed by atoms with Crippen molar-refractivity contribution >= 4 is 40.5 Å². The van der Waals surface area contributed by atoms with Crippen LogP contribution >= 0.6 is 22.9 Å². The molecule has 0 fully saturated rings. The minimum absolute atomic E-state index is 0.380. The minimum atomic E-state index is -0.453. The lowest BCUT2D eigenvalue weighted by atomic mass is 9.88. The van der Waals surface area contributed by atoms with Gasteiger partial charge in [0.05, 0.1) is 17.5 Å². The van der Waals surface area contributed by atoms with Gasteiger partial charge < -0.3 is 9.15 Å². The predicted molar refractivity (Wildman–Crippen MR) is 127 cm³/mol. The van der Waals surface area contributed by atoms with Gasteiger partial charge in [-0.15, -0.1) is 11.3 Å². The molecule has 0 saturated carbocycles. The molecule has 3 aromatic rings. The number of carbonyl (C=O) groups is 2. The SMILES string of the molecule is CC1CCc2c(C(=O)OCC(=O)N3N=C(c4ccc(Cl)cc4)CC3c3ccco3)csc2C1. The van der Waals surface area contributed by atoms with Crippen LogP contribution in [-0.2, 0) is 22.4 Å². The number of ether oxygens (including phenoxy) is 1. The van der Waals surface area contributed by atoms with Crippen LogP contribution in [-0.4, -0.2) is 29.2 Å². The standard InChI is InChI=1S/C25H23ClN2O4S/c1-15-4-9-18-19(14-33-23(18)11-15)25(30)32-13-24(29)28-21(22-3-2-10-31-22)12-20(27-28)16-5-7-17(26)8-6-16/h2-3,5-8,10,14-15,21H,4,9,11-13H2,1H3. The summed E-state index contributed by atoms with van der Waals surface area (Å²) in [5.74, 6) is 0.406. The van der Waals surface area contributed by atoms with Crippen molar-refractivity contribution in [1.29, 1.82) is 0 Å². The first kappa shape index (κ1) is 21.9. The van der Waals surface area contributed by atoms with Crippen LogP contribution in [0.5, 0.6) is 0 Å². The van der Waals surface area contributed by atoms with Gasteiger partial charge in [0.2, 0.25) is 0 Å². The average Bonchev–Trinajstić information content (AvgIpc) is 3.56. The second kappa shape index (κ2) is 9.15. The molecule has 1 amide bonds. The quantitative estimate of drug-likeness (QED) is 0.440. The van der Waals surface area contributed by atoms with Gasteiger partial charge >= 0.3 is 5.97 Å². The third kappa shape index (κ3) is 4.48. The average molecular weight is 483 g/mol. The number of halogens is 1. The molecular formula is C25H23ClN2O4S. The normalized spacial score (nSPS) is 19.8. The fourth-order valence-corrected chi connectivity index (χ4v) is 5.74. The maximum Gasteiger partial charge on any atom is 0.339 e. The van der Waals surface area contributed by atoms with E-state index >= 15 is 0 Å². The maximum absolute atomic E-state index is 13.1. The topological polar surface area (TPSA) is 72.1 Å². The Balaban J connectivity index is 1.31. The van der Waals surface area contributed by atoms with E-state index in [0.29, 0.717) is 28.7 Å². The number of hydrogen-bond acceptors (Lipinski definition) is 6. The van der Waals surface area contributed by atoms with Gasteiger partial charge in [0.15, 0.2) is 6.61 Å². The fraction of sp³-hybridized carbons (Fsp3) is 0.320. The third-order valence-corrected chi connectivity index (χ3v) is 7.47. The Morgan fingerprint density at radius 1 is 1.24 bits per heavy atom. The van der Waals surface area contributed by atoms with Gasteiger partial charge in [-0.05, 0) is 60.6 Å². The molecule has 33 heavy (non-hydrogen) atoms. The van der Waals surface area contributed by atoms with Crippen LogP contribution in [0, 0.1) is 5.92 Å². The summed E-state index contributed by atoms with van der Waals surface area (Å²) in [4.78, 5) is 27.1. The molecule has 1 aliphatic heterocycles. The Hall–Kier alpha value is -2.90. The van der Waals surface area contributed by atoms with Crippen molar-refractivity contribution in [3.05, 3.63) is 80.4 Å². The summed E-state index contributed by atoms with van der Waals surface area (Å²) in [6.07, 6.45) is 4.99. The maximum atomic E-state index is 13.1. The van der Waals surface area contributed by atoms with Crippen molar-refractivity contribution in [2.24, 2.45) is 11.0 Å². The van der Waals surface area contributed by atoms with Crippen LogP contribution in [0.1, 0.15) is 57.9 Å². The number of rotatable bonds is 5. The molecule has 2 unspecified atom stereocenters. The van der Waals surface area contributed by atoms with Crippen molar-refractivity contribution in [3.63, 3.8) is 0 Å². The molecule has 5 rings (SSSR count). The third-order valence-electron chi connectivity index (χ3n) is 6.16. The number of esters is 1. The number of benzene rings is 1. The number of carbonyl (C=O) groups excluding carboxylic acids is 2. The van der Waals surface area contributed by atoms with Gasteiger partial charge in [0, 0.05) is 21.7 Å². The number of nitrogens with zero attached hydrogens (tertiary/aromatic N) is 2. The van der Waals surface area contributed by atoms with Crippen molar-refractivity contribution in [3.8, 4) is 0 Å². The Labute approximate surface area is 200 Å². The lowest BCUT2D eigenvalue weighted by Crippen LogP contribution is -2.31. The van der Waals surface area contributed by atoms with Gasteiger partial charge in [-0.1, -0.05) is 30.7 Å². The van der Waals surface area contributed by atoms with Gasteiger partial charge in [0.1, 0.15) is 11.8 Å². The van der Waals surface area contributed by atoms with E-state index in [1.807, 2.05) is 23.6 Å². The number of furan rings is 1. The zero-order chi connectivity index (χ0) is 22.9. The highest BCUT2D eigenvalue weighted by Crippen LogP contribution is 2.35. The molecule has 170 valence electrons. The Kier molecular flexibility index (Phi) is 6.08. The zero-order valence-electron chi connectivity index (χ0n) is 18.1. The molecule has 0 spiro atoms. The van der Waals surface area contributed by atoms with E-state index in [1.54, 1.807) is 35.8 Å². The smallest absolute Gasteiger partial charge is 0.339 e. The number of amides is 1. The van der Waals surface area contributed by atoms with E-state index in [9.17, 15) is 9.59 Å². The number of hydrazone groups is 1. The molecule has 0 radical (unpaired) electrons. The van der Waals surface area contributed by atoms with Crippen LogP contribution < -0.4 is 0 Å². The molecule has 0 saturated heterocycles. The van der Waals surface area contributed by atoms with E-state index in [1.165, 1.54) is 9.89 Å². The van der Waals surface area contributed by atoms with Crippen LogP contribution in [0.2, 0.25) is 5.02 Å². The largest absolute Gasteiger partial charge is 0.467 e. The van der Waals surface area contributed by atoms with E-state index in [-0.39, 0.29) is 6.61 Å². The summed E-state index contributed by atoms with van der Waals surface area (Å²) < 4.78 is 11.0. The summed E-state index contributed by atoms with van der Waals surface area (Å²) in [5.41, 5.74) is 3.29. The molecule has 2 aliphatic rings. The summed E-state index contributed by atoms with van der Waals surface area (Å²) in [5, 5.41) is 8.40. The van der Waals surface area contributed by atoms with Gasteiger partial charge in [0.25, 0.3) is 5.91 Å². The molecule has 2 atom stereocenters. The Bertz CT molecular complexity index is 1200. The highest BCUT2D eigenvalue weighted by molar-refractivity contribution is 7.10. The van der Waals surface area contributed by atoms with Crippen LogP contribution in [0.15, 0.2) is 57.6 Å². The highest BCUT2D eigenvalue weighted by atomic mass is 35.5.